The van der Waals surface area contributed by atoms with E-state index in [0.717, 1.165) is 32.1 Å². The highest BCUT2D eigenvalue weighted by molar-refractivity contribution is 5.80. The van der Waals surface area contributed by atoms with Crippen LogP contribution in [0, 0.1) is 0 Å². The molecule has 76 heavy (non-hydrogen) atoms. The molecule has 0 aliphatic heterocycles. The van der Waals surface area contributed by atoms with E-state index in [1.807, 2.05) is 6.08 Å². The highest BCUT2D eigenvalue weighted by Gasteiger charge is 2.22. The van der Waals surface area contributed by atoms with E-state index in [1.54, 1.807) is 6.08 Å². The monoisotopic (exact) mass is 1070 g/mol. The zero-order valence-electron chi connectivity index (χ0n) is 51.9. The number of nitrogens with one attached hydrogen (secondary N) is 1. The van der Waals surface area contributed by atoms with Gasteiger partial charge in [0, 0.05) is 0 Å². The number of amides is 1. The van der Waals surface area contributed by atoms with Gasteiger partial charge in [0.1, 0.15) is 6.10 Å². The van der Waals surface area contributed by atoms with Gasteiger partial charge in [0.25, 0.3) is 0 Å². The quantitative estimate of drug-likeness (QED) is 0.0361. The number of allylic oxidation sites excluding steroid dienone is 3. The second-order valence-corrected chi connectivity index (χ2v) is 24.5. The highest BCUT2D eigenvalue weighted by Crippen LogP contribution is 2.19. The van der Waals surface area contributed by atoms with Crippen molar-refractivity contribution >= 4 is 5.91 Å². The Kier molecular flexibility index (Phi) is 65.3. The van der Waals surface area contributed by atoms with Crippen molar-refractivity contribution in [3.05, 3.63) is 24.3 Å². The topological polar surface area (TPSA) is 89.8 Å². The van der Waals surface area contributed by atoms with Crippen LogP contribution in [0.1, 0.15) is 399 Å². The summed E-state index contributed by atoms with van der Waals surface area (Å²) in [5.74, 6) is -0.495. The third kappa shape index (κ3) is 60.5. The third-order valence-electron chi connectivity index (χ3n) is 16.8. The van der Waals surface area contributed by atoms with E-state index in [4.69, 9.17) is 0 Å². The molecule has 5 nitrogen and oxygen atoms in total. The maximum Gasteiger partial charge on any atom is 0.249 e. The molecule has 0 bridgehead atoms. The van der Waals surface area contributed by atoms with Crippen LogP contribution in [-0.2, 0) is 4.79 Å². The molecule has 0 rings (SSSR count). The summed E-state index contributed by atoms with van der Waals surface area (Å²) < 4.78 is 0. The maximum absolute atomic E-state index is 12.6. The number of aliphatic hydroxyl groups excluding tert-OH is 3. The number of rotatable bonds is 66. The highest BCUT2D eigenvalue weighted by atomic mass is 16.3. The summed E-state index contributed by atoms with van der Waals surface area (Å²) >= 11 is 0. The smallest absolute Gasteiger partial charge is 0.249 e. The van der Waals surface area contributed by atoms with Crippen LogP contribution >= 0.6 is 0 Å². The molecule has 0 aromatic heterocycles. The minimum Gasteiger partial charge on any atom is -0.394 e. The van der Waals surface area contributed by atoms with Gasteiger partial charge in [0.15, 0.2) is 0 Å². The van der Waals surface area contributed by atoms with Crippen LogP contribution in [0.25, 0.3) is 0 Å². The van der Waals surface area contributed by atoms with E-state index in [0.29, 0.717) is 6.42 Å². The molecule has 0 aromatic rings. The summed E-state index contributed by atoms with van der Waals surface area (Å²) in [7, 11) is 0. The lowest BCUT2D eigenvalue weighted by atomic mass is 10.0. The van der Waals surface area contributed by atoms with Gasteiger partial charge in [0.05, 0.1) is 18.8 Å². The number of aliphatic hydroxyl groups is 3. The lowest BCUT2D eigenvalue weighted by Gasteiger charge is -2.21. The molecule has 0 saturated heterocycles. The number of hydrogen-bond donors (Lipinski definition) is 4. The van der Waals surface area contributed by atoms with Crippen molar-refractivity contribution in [2.75, 3.05) is 6.61 Å². The predicted molar refractivity (Wildman–Crippen MR) is 338 cm³/mol. The predicted octanol–water partition coefficient (Wildman–Crippen LogP) is 22.7. The molecule has 0 aromatic carbocycles. The fraction of sp³-hybridized carbons (Fsp3) is 0.930. The molecular formula is C71H139NO4. The van der Waals surface area contributed by atoms with Crippen LogP contribution < -0.4 is 5.32 Å². The molecule has 3 unspecified atom stereocenters. The summed E-state index contributed by atoms with van der Waals surface area (Å²) in [6, 6.07) is -0.798. The van der Waals surface area contributed by atoms with Gasteiger partial charge in [-0.3, -0.25) is 4.79 Å². The fourth-order valence-electron chi connectivity index (χ4n) is 11.4. The molecule has 0 aliphatic carbocycles. The number of carbonyl (C=O) groups is 1. The van der Waals surface area contributed by atoms with Gasteiger partial charge in [0.2, 0.25) is 5.91 Å². The Morgan fingerprint density at radius 1 is 0.316 bits per heavy atom. The lowest BCUT2D eigenvalue weighted by molar-refractivity contribution is -0.131. The Morgan fingerprint density at radius 3 is 0.763 bits per heavy atom. The summed E-state index contributed by atoms with van der Waals surface area (Å²) in [5.41, 5.74) is 0. The van der Waals surface area contributed by atoms with Crippen molar-refractivity contribution < 1.29 is 20.1 Å². The molecule has 0 radical (unpaired) electrons. The average molecular weight is 1070 g/mol. The standard InChI is InChI=1S/C71H139NO4/c1-3-5-7-9-11-13-15-17-19-21-23-25-27-29-30-31-32-33-34-35-36-37-38-39-40-41-42-44-46-48-50-52-54-56-58-60-62-64-66-70(75)71(76)72-68(67-73)69(74)65-63-61-59-57-55-53-51-49-47-45-43-28-26-24-22-20-18-16-14-12-10-8-6-4-2/h35-36,63,65,68-70,73-75H,3-34,37-62,64,66-67H2,1-2H3,(H,72,76)/b36-35-,65-63+. The molecule has 4 N–H and O–H groups in total. The fourth-order valence-corrected chi connectivity index (χ4v) is 11.4. The van der Waals surface area contributed by atoms with Crippen molar-refractivity contribution in [3.8, 4) is 0 Å². The Balaban J connectivity index is 3.47. The minimum absolute atomic E-state index is 0.360. The van der Waals surface area contributed by atoms with Crippen molar-refractivity contribution in [2.24, 2.45) is 0 Å². The SMILES string of the molecule is CCCCCCCCCCCCCCCCCCCC/C=C\CCCCCCCCCCCCCCCCCCC(O)C(=O)NC(CO)C(O)/C=C/CCCCCCCCCCCCCCCCCCCCCCCC. The van der Waals surface area contributed by atoms with Crippen LogP contribution in [0.2, 0.25) is 0 Å². The summed E-state index contributed by atoms with van der Waals surface area (Å²) in [6.07, 6.45) is 87.6. The molecule has 0 fully saturated rings. The number of hydrogen-bond acceptors (Lipinski definition) is 4. The number of unbranched alkanes of at least 4 members (excludes halogenated alkanes) is 56. The van der Waals surface area contributed by atoms with Crippen molar-refractivity contribution in [1.29, 1.82) is 0 Å². The van der Waals surface area contributed by atoms with Gasteiger partial charge >= 0.3 is 0 Å². The Morgan fingerprint density at radius 2 is 0.526 bits per heavy atom. The van der Waals surface area contributed by atoms with Crippen molar-refractivity contribution in [3.63, 3.8) is 0 Å². The Labute approximate surface area is 477 Å². The summed E-state index contributed by atoms with van der Waals surface area (Å²) in [4.78, 5) is 12.6. The van der Waals surface area contributed by atoms with E-state index in [2.05, 4.69) is 31.3 Å². The van der Waals surface area contributed by atoms with Gasteiger partial charge in [-0.05, 0) is 44.9 Å². The van der Waals surface area contributed by atoms with E-state index in [9.17, 15) is 20.1 Å². The molecule has 0 saturated carbocycles. The average Bonchev–Trinajstić information content (AvgIpc) is 3.42. The summed E-state index contributed by atoms with van der Waals surface area (Å²) in [5, 5.41) is 33.5. The van der Waals surface area contributed by atoms with E-state index in [1.165, 1.54) is 347 Å². The lowest BCUT2D eigenvalue weighted by Crippen LogP contribution is -2.48. The zero-order chi connectivity index (χ0) is 55.0. The van der Waals surface area contributed by atoms with Gasteiger partial charge in [-0.25, -0.2) is 0 Å². The molecule has 3 atom stereocenters. The van der Waals surface area contributed by atoms with E-state index < -0.39 is 24.2 Å². The Hall–Kier alpha value is -1.17. The minimum atomic E-state index is -1.10. The van der Waals surface area contributed by atoms with Gasteiger partial charge < -0.3 is 20.6 Å². The molecule has 5 heteroatoms. The molecule has 1 amide bonds. The first kappa shape index (κ1) is 74.8. The van der Waals surface area contributed by atoms with Crippen LogP contribution in [-0.4, -0.2) is 46.1 Å². The van der Waals surface area contributed by atoms with E-state index in [-0.39, 0.29) is 6.61 Å². The van der Waals surface area contributed by atoms with E-state index >= 15 is 0 Å². The maximum atomic E-state index is 12.6. The van der Waals surface area contributed by atoms with Gasteiger partial charge in [-0.1, -0.05) is 378 Å². The van der Waals surface area contributed by atoms with Crippen LogP contribution in [0.15, 0.2) is 24.3 Å². The largest absolute Gasteiger partial charge is 0.394 e. The van der Waals surface area contributed by atoms with Crippen LogP contribution in [0.4, 0.5) is 0 Å². The molecule has 0 heterocycles. The van der Waals surface area contributed by atoms with Gasteiger partial charge in [-0.2, -0.15) is 0 Å². The molecule has 0 aliphatic rings. The van der Waals surface area contributed by atoms with Gasteiger partial charge in [-0.15, -0.1) is 0 Å². The first-order valence-corrected chi connectivity index (χ1v) is 35.2. The van der Waals surface area contributed by atoms with Crippen LogP contribution in [0.3, 0.4) is 0 Å². The van der Waals surface area contributed by atoms with Crippen LogP contribution in [0.5, 0.6) is 0 Å². The third-order valence-corrected chi connectivity index (χ3v) is 16.8. The van der Waals surface area contributed by atoms with Crippen molar-refractivity contribution in [1.82, 2.24) is 5.32 Å². The second-order valence-electron chi connectivity index (χ2n) is 24.5. The zero-order valence-corrected chi connectivity index (χ0v) is 51.9. The molecular weight excluding hydrogens is 931 g/mol. The molecule has 0 spiro atoms. The molecule has 452 valence electrons. The number of carbonyl (C=O) groups excluding carboxylic acids is 1. The second kappa shape index (κ2) is 66.3. The Bertz CT molecular complexity index is 1140. The first-order chi connectivity index (χ1) is 37.6. The summed E-state index contributed by atoms with van der Waals surface area (Å²) in [6.45, 7) is 4.24. The normalized spacial score (nSPS) is 13.2. The van der Waals surface area contributed by atoms with Crippen molar-refractivity contribution in [2.45, 2.75) is 417 Å². The first-order valence-electron chi connectivity index (χ1n) is 35.2.